The van der Waals surface area contributed by atoms with Crippen LogP contribution in [0.25, 0.3) is 16.9 Å². The normalized spacial score (nSPS) is 15.0. The predicted octanol–water partition coefficient (Wildman–Crippen LogP) is 3.10. The number of nitrogens with zero attached hydrogens (tertiary/aromatic N) is 4. The molecule has 1 aliphatic rings. The minimum atomic E-state index is 0.243. The van der Waals surface area contributed by atoms with Gasteiger partial charge in [0.15, 0.2) is 17.0 Å². The molecule has 96 valence electrons. The molecule has 0 atom stereocenters. The largest absolute Gasteiger partial charge is 0.365 e. The van der Waals surface area contributed by atoms with Crippen LogP contribution in [0.15, 0.2) is 23.2 Å². The monoisotopic (exact) mass is 291 g/mol. The zero-order valence-electron chi connectivity index (χ0n) is 9.88. The van der Waals surface area contributed by atoms with Crippen molar-refractivity contribution in [2.45, 2.75) is 18.9 Å². The second-order valence-corrected chi connectivity index (χ2v) is 5.65. The average Bonchev–Trinajstić information content (AvgIpc) is 2.91. The highest BCUT2D eigenvalue weighted by Crippen LogP contribution is 2.29. The summed E-state index contributed by atoms with van der Waals surface area (Å²) in [5, 5.41) is 7.66. The summed E-state index contributed by atoms with van der Waals surface area (Å²) in [6.45, 7) is 0. The van der Waals surface area contributed by atoms with Gasteiger partial charge in [-0.2, -0.15) is 21.3 Å². The number of imidazole rings is 1. The third-order valence-electron chi connectivity index (χ3n) is 3.07. The molecule has 0 aliphatic heterocycles. The van der Waals surface area contributed by atoms with Crippen LogP contribution in [0.2, 0.25) is 5.28 Å². The molecule has 0 aromatic carbocycles. The molecule has 0 bridgehead atoms. The lowest BCUT2D eigenvalue weighted by atomic mass is 10.4. The van der Waals surface area contributed by atoms with Crippen LogP contribution in [0.4, 0.5) is 5.82 Å². The number of halogens is 1. The van der Waals surface area contributed by atoms with E-state index in [0.29, 0.717) is 6.04 Å². The van der Waals surface area contributed by atoms with Crippen molar-refractivity contribution >= 4 is 39.9 Å². The van der Waals surface area contributed by atoms with Crippen molar-refractivity contribution in [2.24, 2.45) is 0 Å². The van der Waals surface area contributed by atoms with E-state index in [1.54, 1.807) is 17.7 Å². The van der Waals surface area contributed by atoms with E-state index in [4.69, 9.17) is 11.6 Å². The van der Waals surface area contributed by atoms with Crippen molar-refractivity contribution in [1.29, 1.82) is 0 Å². The van der Waals surface area contributed by atoms with Gasteiger partial charge in [-0.3, -0.25) is 4.57 Å². The number of aromatic nitrogens is 4. The summed E-state index contributed by atoms with van der Waals surface area (Å²) in [5.74, 6) is 0.728. The molecule has 1 aliphatic carbocycles. The van der Waals surface area contributed by atoms with Crippen molar-refractivity contribution < 1.29 is 0 Å². The van der Waals surface area contributed by atoms with E-state index >= 15 is 0 Å². The van der Waals surface area contributed by atoms with Crippen LogP contribution >= 0.6 is 22.9 Å². The summed E-state index contributed by atoms with van der Waals surface area (Å²) in [6, 6.07) is 2.52. The zero-order valence-corrected chi connectivity index (χ0v) is 11.4. The van der Waals surface area contributed by atoms with E-state index in [2.05, 4.69) is 20.3 Å². The number of thiophene rings is 1. The maximum atomic E-state index is 6.02. The molecule has 0 radical (unpaired) electrons. The van der Waals surface area contributed by atoms with Gasteiger partial charge in [0.25, 0.3) is 0 Å². The van der Waals surface area contributed by atoms with Gasteiger partial charge in [-0.15, -0.1) is 0 Å². The standard InChI is InChI=1S/C12H10ClN5S/c13-12-16-10(15-7-1-2-7)9-11(17-12)18(6-14-9)8-3-4-19-5-8/h3-7H,1-2H2,(H,15,16,17). The summed E-state index contributed by atoms with van der Waals surface area (Å²) in [5.41, 5.74) is 2.55. The Kier molecular flexibility index (Phi) is 2.46. The van der Waals surface area contributed by atoms with Gasteiger partial charge in [0, 0.05) is 11.4 Å². The van der Waals surface area contributed by atoms with Crippen LogP contribution in [0, 0.1) is 0 Å². The van der Waals surface area contributed by atoms with Crippen LogP contribution < -0.4 is 5.32 Å². The molecule has 19 heavy (non-hydrogen) atoms. The molecule has 4 rings (SSSR count). The fourth-order valence-electron chi connectivity index (χ4n) is 1.98. The summed E-state index contributed by atoms with van der Waals surface area (Å²) in [6.07, 6.45) is 4.11. The Morgan fingerprint density at radius 2 is 2.26 bits per heavy atom. The van der Waals surface area contributed by atoms with Crippen LogP contribution in [0.3, 0.4) is 0 Å². The summed E-state index contributed by atoms with van der Waals surface area (Å²) in [7, 11) is 0. The maximum absolute atomic E-state index is 6.02. The Morgan fingerprint density at radius 3 is 3.00 bits per heavy atom. The predicted molar refractivity (Wildman–Crippen MR) is 76.2 cm³/mol. The third kappa shape index (κ3) is 1.97. The van der Waals surface area contributed by atoms with Gasteiger partial charge >= 0.3 is 0 Å². The first kappa shape index (κ1) is 11.2. The van der Waals surface area contributed by atoms with Gasteiger partial charge in [0.1, 0.15) is 6.33 Å². The summed E-state index contributed by atoms with van der Waals surface area (Å²) < 4.78 is 1.93. The highest BCUT2D eigenvalue weighted by Gasteiger charge is 2.24. The lowest BCUT2D eigenvalue weighted by molar-refractivity contribution is 1.06. The average molecular weight is 292 g/mol. The fraction of sp³-hybridized carbons (Fsp3) is 0.250. The minimum Gasteiger partial charge on any atom is -0.365 e. The van der Waals surface area contributed by atoms with Gasteiger partial charge in [-0.1, -0.05) is 0 Å². The Hall–Kier alpha value is -1.66. The lowest BCUT2D eigenvalue weighted by Crippen LogP contribution is -2.05. The first-order valence-electron chi connectivity index (χ1n) is 6.01. The number of anilines is 1. The van der Waals surface area contributed by atoms with Crippen molar-refractivity contribution in [3.63, 3.8) is 0 Å². The van der Waals surface area contributed by atoms with Gasteiger partial charge in [0.05, 0.1) is 5.69 Å². The molecule has 3 aromatic rings. The number of rotatable bonds is 3. The highest BCUT2D eigenvalue weighted by molar-refractivity contribution is 7.08. The summed E-state index contributed by atoms with van der Waals surface area (Å²) in [4.78, 5) is 13.0. The van der Waals surface area contributed by atoms with Crippen molar-refractivity contribution in [3.8, 4) is 5.69 Å². The molecule has 0 saturated heterocycles. The second-order valence-electron chi connectivity index (χ2n) is 4.53. The molecule has 3 heterocycles. The molecular formula is C12H10ClN5S. The van der Waals surface area contributed by atoms with E-state index < -0.39 is 0 Å². The first-order chi connectivity index (χ1) is 9.31. The van der Waals surface area contributed by atoms with Gasteiger partial charge < -0.3 is 5.32 Å². The Balaban J connectivity index is 1.90. The molecule has 0 spiro atoms. The SMILES string of the molecule is Clc1nc(NC2CC2)c2ncn(-c3ccsc3)c2n1. The number of hydrogen-bond acceptors (Lipinski definition) is 5. The summed E-state index contributed by atoms with van der Waals surface area (Å²) >= 11 is 7.65. The number of fused-ring (bicyclic) bond motifs is 1. The Labute approximate surface area is 118 Å². The van der Waals surface area contributed by atoms with Crippen molar-refractivity contribution in [2.75, 3.05) is 5.32 Å². The molecule has 1 N–H and O–H groups in total. The van der Waals surface area contributed by atoms with E-state index in [1.165, 1.54) is 12.8 Å². The van der Waals surface area contributed by atoms with E-state index in [9.17, 15) is 0 Å². The fourth-order valence-corrected chi connectivity index (χ4v) is 2.77. The molecule has 1 saturated carbocycles. The number of nitrogens with one attached hydrogen (secondary N) is 1. The van der Waals surface area contributed by atoms with Gasteiger partial charge in [0.2, 0.25) is 5.28 Å². The molecule has 7 heteroatoms. The third-order valence-corrected chi connectivity index (χ3v) is 3.91. The minimum absolute atomic E-state index is 0.243. The van der Waals surface area contributed by atoms with Crippen LogP contribution in [-0.4, -0.2) is 25.6 Å². The van der Waals surface area contributed by atoms with E-state index in [-0.39, 0.29) is 5.28 Å². The molecule has 1 fully saturated rings. The van der Waals surface area contributed by atoms with Gasteiger partial charge in [-0.05, 0) is 35.9 Å². The van der Waals surface area contributed by atoms with Crippen LogP contribution in [0.1, 0.15) is 12.8 Å². The molecular weight excluding hydrogens is 282 g/mol. The topological polar surface area (TPSA) is 55.6 Å². The molecule has 3 aromatic heterocycles. The van der Waals surface area contributed by atoms with Crippen LogP contribution in [-0.2, 0) is 0 Å². The number of hydrogen-bond donors (Lipinski definition) is 1. The van der Waals surface area contributed by atoms with Crippen molar-refractivity contribution in [3.05, 3.63) is 28.4 Å². The van der Waals surface area contributed by atoms with Crippen LogP contribution in [0.5, 0.6) is 0 Å². The van der Waals surface area contributed by atoms with E-state index in [0.717, 1.165) is 22.7 Å². The lowest BCUT2D eigenvalue weighted by Gasteiger charge is -2.05. The first-order valence-corrected chi connectivity index (χ1v) is 7.33. The maximum Gasteiger partial charge on any atom is 0.226 e. The van der Waals surface area contributed by atoms with Crippen molar-refractivity contribution in [1.82, 2.24) is 19.5 Å². The molecule has 5 nitrogen and oxygen atoms in total. The van der Waals surface area contributed by atoms with E-state index in [1.807, 2.05) is 21.4 Å². The molecule has 0 unspecified atom stereocenters. The zero-order chi connectivity index (χ0) is 12.8. The molecule has 0 amide bonds. The highest BCUT2D eigenvalue weighted by atomic mass is 35.5. The Bertz CT molecular complexity index is 732. The van der Waals surface area contributed by atoms with Gasteiger partial charge in [-0.25, -0.2) is 4.98 Å². The smallest absolute Gasteiger partial charge is 0.226 e. The Morgan fingerprint density at radius 1 is 1.37 bits per heavy atom. The second kappa shape index (κ2) is 4.18. The quantitative estimate of drug-likeness (QED) is 0.753.